The summed E-state index contributed by atoms with van der Waals surface area (Å²) in [7, 11) is -1.32. The van der Waals surface area contributed by atoms with Crippen LogP contribution in [0.3, 0.4) is 0 Å². The van der Waals surface area contributed by atoms with E-state index < -0.39 is 14.6 Å². The van der Waals surface area contributed by atoms with E-state index in [4.69, 9.17) is 4.74 Å². The maximum atomic E-state index is 12.2. The fourth-order valence-corrected chi connectivity index (χ4v) is 4.30. The lowest BCUT2D eigenvalue weighted by atomic mass is 10.2. The van der Waals surface area contributed by atoms with Crippen LogP contribution in [0, 0.1) is 5.92 Å². The summed E-state index contributed by atoms with van der Waals surface area (Å²) in [5, 5.41) is 3.35. The van der Waals surface area contributed by atoms with Gasteiger partial charge in [0, 0.05) is 26.7 Å². The standard InChI is InChI=1S/C19H31N3O3S.HI/c1-16(13-25-14-17-8-6-5-7-9-17)12-21-18(20-4)22-10-11-26(23,24)19(2,3)15-22;/h5-9,16H,10-15H2,1-4H3,(H,20,21);1H. The van der Waals surface area contributed by atoms with Gasteiger partial charge in [-0.05, 0) is 25.3 Å². The molecule has 0 bridgehead atoms. The second-order valence-electron chi connectivity index (χ2n) is 7.53. The Morgan fingerprint density at radius 1 is 1.33 bits per heavy atom. The van der Waals surface area contributed by atoms with Gasteiger partial charge >= 0.3 is 0 Å². The van der Waals surface area contributed by atoms with Crippen molar-refractivity contribution in [1.29, 1.82) is 0 Å². The molecule has 1 unspecified atom stereocenters. The van der Waals surface area contributed by atoms with Crippen LogP contribution in [-0.4, -0.2) is 63.1 Å². The smallest absolute Gasteiger partial charge is 0.193 e. The highest BCUT2D eigenvalue weighted by Crippen LogP contribution is 2.23. The monoisotopic (exact) mass is 509 g/mol. The van der Waals surface area contributed by atoms with E-state index >= 15 is 0 Å². The van der Waals surface area contributed by atoms with Crippen LogP contribution in [0.15, 0.2) is 35.3 Å². The molecule has 0 radical (unpaired) electrons. The minimum atomic E-state index is -3.05. The van der Waals surface area contributed by atoms with E-state index in [1.165, 1.54) is 5.56 Å². The maximum absolute atomic E-state index is 12.2. The second kappa shape index (κ2) is 10.6. The van der Waals surface area contributed by atoms with Crippen LogP contribution in [0.25, 0.3) is 0 Å². The third-order valence-electron chi connectivity index (χ3n) is 4.68. The highest BCUT2D eigenvalue weighted by Gasteiger charge is 2.40. The highest BCUT2D eigenvalue weighted by molar-refractivity contribution is 14.0. The van der Waals surface area contributed by atoms with Gasteiger partial charge in [-0.1, -0.05) is 37.3 Å². The van der Waals surface area contributed by atoms with Gasteiger partial charge in [0.05, 0.1) is 23.7 Å². The van der Waals surface area contributed by atoms with Crippen molar-refractivity contribution < 1.29 is 13.2 Å². The molecular weight excluding hydrogens is 477 g/mol. The Balaban J connectivity index is 0.00000364. The Morgan fingerprint density at radius 2 is 2.00 bits per heavy atom. The lowest BCUT2D eigenvalue weighted by molar-refractivity contribution is 0.0929. The van der Waals surface area contributed by atoms with E-state index in [-0.39, 0.29) is 29.7 Å². The first-order valence-electron chi connectivity index (χ1n) is 9.05. The van der Waals surface area contributed by atoms with Crippen molar-refractivity contribution in [2.45, 2.75) is 32.1 Å². The summed E-state index contributed by atoms with van der Waals surface area (Å²) in [5.74, 6) is 1.23. The van der Waals surface area contributed by atoms with E-state index in [2.05, 4.69) is 29.4 Å². The topological polar surface area (TPSA) is 71.0 Å². The summed E-state index contributed by atoms with van der Waals surface area (Å²) in [6.45, 7) is 8.60. The van der Waals surface area contributed by atoms with E-state index in [0.717, 1.165) is 12.5 Å². The van der Waals surface area contributed by atoms with Crippen molar-refractivity contribution in [3.8, 4) is 0 Å². The molecule has 6 nitrogen and oxygen atoms in total. The first-order valence-corrected chi connectivity index (χ1v) is 10.7. The second-order valence-corrected chi connectivity index (χ2v) is 10.3. The maximum Gasteiger partial charge on any atom is 0.193 e. The largest absolute Gasteiger partial charge is 0.376 e. The van der Waals surface area contributed by atoms with E-state index in [1.54, 1.807) is 20.9 Å². The number of hydrogen-bond acceptors (Lipinski definition) is 4. The normalized spacial score (nSPS) is 19.9. The molecule has 2 rings (SSSR count). The number of nitrogens with one attached hydrogen (secondary N) is 1. The van der Waals surface area contributed by atoms with Crippen LogP contribution in [0.5, 0.6) is 0 Å². The van der Waals surface area contributed by atoms with E-state index in [0.29, 0.717) is 32.2 Å². The summed E-state index contributed by atoms with van der Waals surface area (Å²) in [4.78, 5) is 6.35. The first kappa shape index (κ1) is 24.2. The van der Waals surface area contributed by atoms with Gasteiger partial charge in [-0.15, -0.1) is 24.0 Å². The summed E-state index contributed by atoms with van der Waals surface area (Å²) in [6.07, 6.45) is 0. The number of sulfone groups is 1. The summed E-state index contributed by atoms with van der Waals surface area (Å²) < 4.78 is 29.3. The summed E-state index contributed by atoms with van der Waals surface area (Å²) in [5.41, 5.74) is 1.17. The number of guanidine groups is 1. The summed E-state index contributed by atoms with van der Waals surface area (Å²) >= 11 is 0. The van der Waals surface area contributed by atoms with Gasteiger partial charge in [-0.2, -0.15) is 0 Å². The number of halogens is 1. The number of rotatable bonds is 6. The van der Waals surface area contributed by atoms with Gasteiger partial charge in [-0.25, -0.2) is 8.42 Å². The lowest BCUT2D eigenvalue weighted by Gasteiger charge is -2.39. The van der Waals surface area contributed by atoms with Crippen LogP contribution >= 0.6 is 24.0 Å². The lowest BCUT2D eigenvalue weighted by Crippen LogP contribution is -2.57. The molecule has 1 saturated heterocycles. The highest BCUT2D eigenvalue weighted by atomic mass is 127. The molecule has 154 valence electrons. The molecule has 0 aromatic heterocycles. The number of nitrogens with zero attached hydrogens (tertiary/aromatic N) is 2. The van der Waals surface area contributed by atoms with Crippen LogP contribution < -0.4 is 5.32 Å². The first-order chi connectivity index (χ1) is 12.2. The van der Waals surface area contributed by atoms with Crippen molar-refractivity contribution in [3.63, 3.8) is 0 Å². The van der Waals surface area contributed by atoms with Crippen molar-refractivity contribution in [2.75, 3.05) is 39.0 Å². The molecule has 1 atom stereocenters. The number of ether oxygens (including phenoxy) is 1. The Hall–Kier alpha value is -0.870. The van der Waals surface area contributed by atoms with Gasteiger partial charge in [0.25, 0.3) is 0 Å². The van der Waals surface area contributed by atoms with Crippen molar-refractivity contribution in [1.82, 2.24) is 10.2 Å². The molecule has 1 aromatic rings. The molecule has 1 heterocycles. The quantitative estimate of drug-likeness (QED) is 0.363. The predicted octanol–water partition coefficient (Wildman–Crippen LogP) is 2.54. The molecule has 1 N–H and O–H groups in total. The van der Waals surface area contributed by atoms with E-state index in [1.807, 2.05) is 23.1 Å². The van der Waals surface area contributed by atoms with Crippen LogP contribution in [0.2, 0.25) is 0 Å². The number of benzene rings is 1. The minimum Gasteiger partial charge on any atom is -0.376 e. The van der Waals surface area contributed by atoms with Crippen LogP contribution in [0.4, 0.5) is 0 Å². The molecule has 1 aliphatic rings. The summed E-state index contributed by atoms with van der Waals surface area (Å²) in [6, 6.07) is 10.1. The SMILES string of the molecule is CN=C(NCC(C)COCc1ccccc1)N1CCS(=O)(=O)C(C)(C)C1.I. The molecule has 0 saturated carbocycles. The van der Waals surface area contributed by atoms with Gasteiger partial charge in [0.1, 0.15) is 0 Å². The fourth-order valence-electron chi connectivity index (χ4n) is 2.93. The zero-order valence-electron chi connectivity index (χ0n) is 16.6. The van der Waals surface area contributed by atoms with Gasteiger partial charge in [0.2, 0.25) is 0 Å². The average molecular weight is 509 g/mol. The molecular formula is C19H32IN3O3S. The molecule has 27 heavy (non-hydrogen) atoms. The van der Waals surface area contributed by atoms with Gasteiger partial charge < -0.3 is 15.0 Å². The third-order valence-corrected chi connectivity index (χ3v) is 7.21. The Kier molecular flexibility index (Phi) is 9.50. The van der Waals surface area contributed by atoms with Gasteiger partial charge in [0.15, 0.2) is 15.8 Å². The Bertz CT molecular complexity index is 708. The van der Waals surface area contributed by atoms with Crippen LogP contribution in [0.1, 0.15) is 26.3 Å². The van der Waals surface area contributed by atoms with Crippen molar-refractivity contribution in [3.05, 3.63) is 35.9 Å². The predicted molar refractivity (Wildman–Crippen MR) is 121 cm³/mol. The van der Waals surface area contributed by atoms with Crippen molar-refractivity contribution >= 4 is 39.8 Å². The zero-order chi connectivity index (χ0) is 19.2. The molecule has 1 aliphatic heterocycles. The zero-order valence-corrected chi connectivity index (χ0v) is 19.8. The van der Waals surface area contributed by atoms with E-state index in [9.17, 15) is 8.42 Å². The number of aliphatic imine (C=N–C) groups is 1. The Labute approximate surface area is 180 Å². The van der Waals surface area contributed by atoms with Crippen molar-refractivity contribution in [2.24, 2.45) is 10.9 Å². The minimum absolute atomic E-state index is 0. The molecule has 0 spiro atoms. The van der Waals surface area contributed by atoms with Crippen LogP contribution in [-0.2, 0) is 21.2 Å². The number of hydrogen-bond donors (Lipinski definition) is 1. The Morgan fingerprint density at radius 3 is 2.59 bits per heavy atom. The average Bonchev–Trinajstić information content (AvgIpc) is 2.59. The van der Waals surface area contributed by atoms with Gasteiger partial charge in [-0.3, -0.25) is 4.99 Å². The molecule has 1 aromatic carbocycles. The molecule has 1 fully saturated rings. The molecule has 0 aliphatic carbocycles. The fraction of sp³-hybridized carbons (Fsp3) is 0.632. The third kappa shape index (κ3) is 6.90. The molecule has 0 amide bonds. The molecule has 8 heteroatoms.